The Morgan fingerprint density at radius 1 is 1.10 bits per heavy atom. The van der Waals surface area contributed by atoms with Gasteiger partial charge in [-0.15, -0.1) is 10.2 Å². The van der Waals surface area contributed by atoms with Gasteiger partial charge in [0.2, 0.25) is 0 Å². The SMILES string of the molecule is Cc1ccc(-c2c[nH]c(C(=O)Cc3cccc(-c4nncn4C(C)C)n3)c2)cc1. The van der Waals surface area contributed by atoms with Crippen LogP contribution in [0.1, 0.15) is 41.6 Å². The Hall–Kier alpha value is -3.54. The van der Waals surface area contributed by atoms with E-state index in [9.17, 15) is 4.79 Å². The molecule has 0 bridgehead atoms. The lowest BCUT2D eigenvalue weighted by Crippen LogP contribution is -2.07. The number of hydrogen-bond acceptors (Lipinski definition) is 4. The third-order valence-electron chi connectivity index (χ3n) is 4.88. The van der Waals surface area contributed by atoms with Gasteiger partial charge in [0.05, 0.1) is 12.1 Å². The first-order valence-corrected chi connectivity index (χ1v) is 9.66. The van der Waals surface area contributed by atoms with Crippen LogP contribution in [0.2, 0.25) is 0 Å². The number of rotatable bonds is 6. The third-order valence-corrected chi connectivity index (χ3v) is 4.88. The lowest BCUT2D eigenvalue weighted by atomic mass is 10.1. The number of aromatic nitrogens is 5. The van der Waals surface area contributed by atoms with Crippen molar-refractivity contribution in [3.8, 4) is 22.6 Å². The van der Waals surface area contributed by atoms with Crippen LogP contribution < -0.4 is 0 Å². The molecule has 0 aliphatic rings. The number of hydrogen-bond donors (Lipinski definition) is 1. The summed E-state index contributed by atoms with van der Waals surface area (Å²) in [5.41, 5.74) is 5.29. The maximum Gasteiger partial charge on any atom is 0.184 e. The van der Waals surface area contributed by atoms with Gasteiger partial charge in [-0.2, -0.15) is 0 Å². The number of aryl methyl sites for hydroxylation is 1. The summed E-state index contributed by atoms with van der Waals surface area (Å²) in [4.78, 5) is 20.5. The molecule has 0 unspecified atom stereocenters. The first-order chi connectivity index (χ1) is 14.0. The fourth-order valence-corrected chi connectivity index (χ4v) is 3.23. The number of nitrogens with one attached hydrogen (secondary N) is 1. The molecule has 1 aromatic carbocycles. The normalized spacial score (nSPS) is 11.2. The molecule has 4 rings (SSSR count). The predicted octanol–water partition coefficient (Wildman–Crippen LogP) is 4.65. The van der Waals surface area contributed by atoms with E-state index in [0.717, 1.165) is 11.1 Å². The molecular weight excluding hydrogens is 362 g/mol. The van der Waals surface area contributed by atoms with Crippen molar-refractivity contribution < 1.29 is 4.79 Å². The molecule has 146 valence electrons. The summed E-state index contributed by atoms with van der Waals surface area (Å²) in [5, 5.41) is 8.18. The third kappa shape index (κ3) is 4.01. The van der Waals surface area contributed by atoms with Crippen molar-refractivity contribution in [1.82, 2.24) is 24.7 Å². The van der Waals surface area contributed by atoms with Gasteiger partial charge in [0, 0.05) is 17.9 Å². The van der Waals surface area contributed by atoms with E-state index in [0.29, 0.717) is 22.9 Å². The summed E-state index contributed by atoms with van der Waals surface area (Å²) >= 11 is 0. The highest BCUT2D eigenvalue weighted by Crippen LogP contribution is 2.22. The Labute approximate surface area is 169 Å². The standard InChI is InChI=1S/C23H23N5O/c1-15(2)28-14-25-27-23(28)20-6-4-5-19(26-20)12-22(29)21-11-18(13-24-21)17-9-7-16(3)8-10-17/h4-11,13-15,24H,12H2,1-3H3. The van der Waals surface area contributed by atoms with Gasteiger partial charge in [0.25, 0.3) is 0 Å². The molecule has 0 aliphatic carbocycles. The van der Waals surface area contributed by atoms with Crippen LogP contribution in [0.25, 0.3) is 22.6 Å². The van der Waals surface area contributed by atoms with Gasteiger partial charge in [-0.3, -0.25) is 4.79 Å². The molecule has 3 aromatic heterocycles. The Morgan fingerprint density at radius 2 is 1.90 bits per heavy atom. The van der Waals surface area contributed by atoms with Gasteiger partial charge in [0.15, 0.2) is 11.6 Å². The molecule has 0 saturated heterocycles. The van der Waals surface area contributed by atoms with Crippen molar-refractivity contribution in [1.29, 1.82) is 0 Å². The van der Waals surface area contributed by atoms with E-state index in [-0.39, 0.29) is 18.2 Å². The van der Waals surface area contributed by atoms with Gasteiger partial charge in [-0.1, -0.05) is 35.9 Å². The number of carbonyl (C=O) groups excluding carboxylic acids is 1. The molecule has 4 aromatic rings. The van der Waals surface area contributed by atoms with Crippen LogP contribution in [0.4, 0.5) is 0 Å². The number of carbonyl (C=O) groups is 1. The predicted molar refractivity (Wildman–Crippen MR) is 113 cm³/mol. The van der Waals surface area contributed by atoms with Crippen LogP contribution in [-0.4, -0.2) is 30.5 Å². The van der Waals surface area contributed by atoms with Crippen LogP contribution in [0.15, 0.2) is 61.1 Å². The second-order valence-electron chi connectivity index (χ2n) is 7.44. The lowest BCUT2D eigenvalue weighted by Gasteiger charge is -2.10. The van der Waals surface area contributed by atoms with Gasteiger partial charge in [-0.05, 0) is 50.1 Å². The summed E-state index contributed by atoms with van der Waals surface area (Å²) in [6.45, 7) is 6.19. The van der Waals surface area contributed by atoms with E-state index < -0.39 is 0 Å². The fourth-order valence-electron chi connectivity index (χ4n) is 3.23. The van der Waals surface area contributed by atoms with E-state index in [1.165, 1.54) is 5.56 Å². The molecule has 0 radical (unpaired) electrons. The summed E-state index contributed by atoms with van der Waals surface area (Å²) in [5.74, 6) is 0.703. The van der Waals surface area contributed by atoms with Crippen LogP contribution in [0, 0.1) is 6.92 Å². The van der Waals surface area contributed by atoms with E-state index in [1.807, 2.05) is 35.0 Å². The second kappa shape index (κ2) is 7.83. The summed E-state index contributed by atoms with van der Waals surface area (Å²) in [6.07, 6.45) is 3.79. The van der Waals surface area contributed by atoms with Crippen molar-refractivity contribution in [2.45, 2.75) is 33.2 Å². The van der Waals surface area contributed by atoms with Crippen LogP contribution in [0.5, 0.6) is 0 Å². The van der Waals surface area contributed by atoms with E-state index >= 15 is 0 Å². The van der Waals surface area contributed by atoms with Crippen molar-refractivity contribution in [3.05, 3.63) is 78.0 Å². The van der Waals surface area contributed by atoms with Crippen molar-refractivity contribution >= 4 is 5.78 Å². The number of aromatic amines is 1. The minimum absolute atomic E-state index is 0.00154. The average Bonchev–Trinajstić information content (AvgIpc) is 3.39. The minimum Gasteiger partial charge on any atom is -0.358 e. The summed E-state index contributed by atoms with van der Waals surface area (Å²) in [6, 6.07) is 16.0. The molecule has 0 spiro atoms. The topological polar surface area (TPSA) is 76.5 Å². The number of Topliss-reactive ketones (excluding diaryl/α,β-unsaturated/α-hetero) is 1. The maximum absolute atomic E-state index is 12.8. The van der Waals surface area contributed by atoms with Crippen molar-refractivity contribution in [3.63, 3.8) is 0 Å². The molecular formula is C23H23N5O. The van der Waals surface area contributed by atoms with Crippen LogP contribution >= 0.6 is 0 Å². The Bertz CT molecular complexity index is 1140. The fraction of sp³-hybridized carbons (Fsp3) is 0.217. The molecule has 6 heteroatoms. The van der Waals surface area contributed by atoms with Crippen molar-refractivity contribution in [2.75, 3.05) is 0 Å². The zero-order chi connectivity index (χ0) is 20.4. The Balaban J connectivity index is 1.53. The van der Waals surface area contributed by atoms with Gasteiger partial charge in [-0.25, -0.2) is 4.98 Å². The first kappa shape index (κ1) is 18.8. The zero-order valence-corrected chi connectivity index (χ0v) is 16.8. The molecule has 0 aliphatic heterocycles. The summed E-state index contributed by atoms with van der Waals surface area (Å²) in [7, 11) is 0. The second-order valence-corrected chi connectivity index (χ2v) is 7.44. The molecule has 0 amide bonds. The molecule has 0 saturated carbocycles. The number of benzene rings is 1. The number of ketones is 1. The smallest absolute Gasteiger partial charge is 0.184 e. The summed E-state index contributed by atoms with van der Waals surface area (Å²) < 4.78 is 1.97. The van der Waals surface area contributed by atoms with E-state index in [4.69, 9.17) is 0 Å². The molecule has 0 fully saturated rings. The average molecular weight is 385 g/mol. The highest BCUT2D eigenvalue weighted by atomic mass is 16.1. The molecule has 29 heavy (non-hydrogen) atoms. The zero-order valence-electron chi connectivity index (χ0n) is 16.8. The van der Waals surface area contributed by atoms with Crippen molar-refractivity contribution in [2.24, 2.45) is 0 Å². The van der Waals surface area contributed by atoms with Crippen LogP contribution in [-0.2, 0) is 6.42 Å². The number of H-pyrrole nitrogens is 1. The highest BCUT2D eigenvalue weighted by molar-refractivity contribution is 5.97. The largest absolute Gasteiger partial charge is 0.358 e. The quantitative estimate of drug-likeness (QED) is 0.490. The molecule has 0 atom stereocenters. The van der Waals surface area contributed by atoms with Gasteiger partial charge < -0.3 is 9.55 Å². The van der Waals surface area contributed by atoms with Crippen LogP contribution in [0.3, 0.4) is 0 Å². The highest BCUT2D eigenvalue weighted by Gasteiger charge is 2.15. The van der Waals surface area contributed by atoms with E-state index in [1.54, 1.807) is 6.33 Å². The molecule has 1 N–H and O–H groups in total. The Kier molecular flexibility index (Phi) is 5.08. The van der Waals surface area contributed by atoms with Gasteiger partial charge in [0.1, 0.15) is 12.0 Å². The monoisotopic (exact) mass is 385 g/mol. The number of pyridine rings is 1. The van der Waals surface area contributed by atoms with Gasteiger partial charge >= 0.3 is 0 Å². The van der Waals surface area contributed by atoms with E-state index in [2.05, 4.69) is 65.2 Å². The minimum atomic E-state index is -0.00154. The number of nitrogens with zero attached hydrogens (tertiary/aromatic N) is 4. The lowest BCUT2D eigenvalue weighted by molar-refractivity contribution is 0.0988. The first-order valence-electron chi connectivity index (χ1n) is 9.66. The Morgan fingerprint density at radius 3 is 2.66 bits per heavy atom. The molecule has 6 nitrogen and oxygen atoms in total. The maximum atomic E-state index is 12.8. The molecule has 3 heterocycles.